The van der Waals surface area contributed by atoms with Gasteiger partial charge in [0, 0.05) is 19.0 Å². The van der Waals surface area contributed by atoms with E-state index in [4.69, 9.17) is 16.1 Å². The quantitative estimate of drug-likeness (QED) is 0.651. The van der Waals surface area contributed by atoms with E-state index in [2.05, 4.69) is 4.90 Å². The third-order valence-corrected chi connectivity index (χ3v) is 4.89. The summed E-state index contributed by atoms with van der Waals surface area (Å²) in [5.74, 6) is 0.761. The van der Waals surface area contributed by atoms with Crippen LogP contribution in [0.1, 0.15) is 55.0 Å². The average molecular weight is 264 g/mol. The Morgan fingerprint density at radius 2 is 1.89 bits per heavy atom. The molecule has 2 fully saturated rings. The summed E-state index contributed by atoms with van der Waals surface area (Å²) in [7, 11) is 0. The number of hydrogen-bond acceptors (Lipinski definition) is 4. The number of nitrogen functional groups attached to an aromatic ring is 1. The second-order valence-electron chi connectivity index (χ2n) is 5.30. The molecule has 2 heterocycles. The molecule has 2 aliphatic rings. The van der Waals surface area contributed by atoms with Crippen molar-refractivity contribution in [3.8, 4) is 0 Å². The van der Waals surface area contributed by atoms with Gasteiger partial charge in [-0.1, -0.05) is 24.2 Å². The number of thiazole rings is 1. The first-order valence-corrected chi connectivity index (χ1v) is 7.67. The van der Waals surface area contributed by atoms with Crippen molar-refractivity contribution in [2.24, 2.45) is 5.73 Å². The maximum Gasteiger partial charge on any atom is 0.186 e. The molecule has 4 nitrogen and oxygen atoms in total. The fourth-order valence-electron chi connectivity index (χ4n) is 2.54. The first-order chi connectivity index (χ1) is 8.75. The second kappa shape index (κ2) is 4.88. The lowest BCUT2D eigenvalue weighted by atomic mass is 10.2. The predicted octanol–water partition coefficient (Wildman–Crippen LogP) is 2.68. The summed E-state index contributed by atoms with van der Waals surface area (Å²) in [6.45, 7) is 2.21. The molecule has 0 amide bonds. The molecule has 1 aromatic heterocycles. The number of nitrogens with two attached hydrogens (primary N) is 1. The van der Waals surface area contributed by atoms with Crippen molar-refractivity contribution in [1.82, 2.24) is 4.98 Å². The summed E-state index contributed by atoms with van der Waals surface area (Å²) in [5, 5.41) is 8.78. The Hall–Kier alpha value is -1.10. The van der Waals surface area contributed by atoms with E-state index in [0.29, 0.717) is 5.92 Å². The molecule has 1 saturated carbocycles. The molecular formula is C13H20N4S. The van der Waals surface area contributed by atoms with Gasteiger partial charge in [0.05, 0.1) is 10.6 Å². The summed E-state index contributed by atoms with van der Waals surface area (Å²) < 4.78 is 0. The lowest BCUT2D eigenvalue weighted by Gasteiger charge is -2.18. The molecule has 5 heteroatoms. The molecule has 18 heavy (non-hydrogen) atoms. The normalized spacial score (nSPS) is 20.8. The highest BCUT2D eigenvalue weighted by Crippen LogP contribution is 2.44. The van der Waals surface area contributed by atoms with E-state index in [1.807, 2.05) is 0 Å². The number of rotatable bonds is 3. The Morgan fingerprint density at radius 1 is 1.22 bits per heavy atom. The number of anilines is 1. The first-order valence-electron chi connectivity index (χ1n) is 6.86. The Labute approximate surface area is 112 Å². The van der Waals surface area contributed by atoms with E-state index < -0.39 is 0 Å². The van der Waals surface area contributed by atoms with Crippen LogP contribution >= 0.6 is 11.3 Å². The molecule has 0 atom stereocenters. The number of aromatic nitrogens is 1. The lowest BCUT2D eigenvalue weighted by Crippen LogP contribution is -2.23. The Bertz CT molecular complexity index is 442. The summed E-state index contributed by atoms with van der Waals surface area (Å²) >= 11 is 1.62. The fraction of sp³-hybridized carbons (Fsp3) is 0.692. The largest absolute Gasteiger partial charge is 0.383 e. The number of nitrogens with zero attached hydrogens (tertiary/aromatic N) is 2. The molecule has 3 N–H and O–H groups in total. The summed E-state index contributed by atoms with van der Waals surface area (Å²) in [4.78, 5) is 8.08. The molecular weight excluding hydrogens is 244 g/mol. The van der Waals surface area contributed by atoms with Gasteiger partial charge >= 0.3 is 0 Å². The monoisotopic (exact) mass is 264 g/mol. The van der Waals surface area contributed by atoms with Crippen molar-refractivity contribution >= 4 is 22.3 Å². The van der Waals surface area contributed by atoms with Gasteiger partial charge in [-0.3, -0.25) is 5.41 Å². The van der Waals surface area contributed by atoms with Crippen LogP contribution in [0.3, 0.4) is 0 Å². The van der Waals surface area contributed by atoms with Crippen LogP contribution in [0, 0.1) is 5.41 Å². The highest BCUT2D eigenvalue weighted by Gasteiger charge is 2.31. The topological polar surface area (TPSA) is 66.0 Å². The second-order valence-corrected chi connectivity index (χ2v) is 6.28. The summed E-state index contributed by atoms with van der Waals surface area (Å²) in [6, 6.07) is 0. The van der Waals surface area contributed by atoms with E-state index in [0.717, 1.165) is 28.8 Å². The van der Waals surface area contributed by atoms with Crippen molar-refractivity contribution in [1.29, 1.82) is 5.41 Å². The highest BCUT2D eigenvalue weighted by molar-refractivity contribution is 7.17. The van der Waals surface area contributed by atoms with E-state index in [-0.39, 0.29) is 5.84 Å². The molecule has 98 valence electrons. The molecule has 1 aliphatic heterocycles. The SMILES string of the molecule is N=C(N)c1sc(N2CCCCCC2)nc1C1CC1. The van der Waals surface area contributed by atoms with Gasteiger partial charge in [-0.2, -0.15) is 0 Å². The minimum Gasteiger partial charge on any atom is -0.383 e. The van der Waals surface area contributed by atoms with Crippen LogP contribution in [0.2, 0.25) is 0 Å². The Balaban J connectivity index is 1.86. The molecule has 1 saturated heterocycles. The Kier molecular flexibility index (Phi) is 3.24. The maximum absolute atomic E-state index is 7.70. The average Bonchev–Trinajstić information content (AvgIpc) is 3.14. The standard InChI is InChI=1S/C13H20N4S/c14-12(15)11-10(9-5-6-9)16-13(18-11)17-7-3-1-2-4-8-17/h9H,1-8H2,(H3,14,15). The molecule has 0 bridgehead atoms. The minimum atomic E-state index is 0.190. The van der Waals surface area contributed by atoms with Crippen molar-refractivity contribution in [3.05, 3.63) is 10.6 Å². The molecule has 1 aromatic rings. The van der Waals surface area contributed by atoms with Crippen LogP contribution in [0.4, 0.5) is 5.13 Å². The summed E-state index contributed by atoms with van der Waals surface area (Å²) in [5.41, 5.74) is 6.78. The van der Waals surface area contributed by atoms with Gasteiger partial charge in [-0.15, -0.1) is 0 Å². The van der Waals surface area contributed by atoms with Gasteiger partial charge in [0.1, 0.15) is 5.84 Å². The van der Waals surface area contributed by atoms with E-state index >= 15 is 0 Å². The zero-order chi connectivity index (χ0) is 12.5. The smallest absolute Gasteiger partial charge is 0.186 e. The van der Waals surface area contributed by atoms with Crippen molar-refractivity contribution < 1.29 is 0 Å². The number of nitrogens with one attached hydrogen (secondary N) is 1. The zero-order valence-electron chi connectivity index (χ0n) is 10.6. The number of amidine groups is 1. The van der Waals surface area contributed by atoms with Crippen LogP contribution in [0.25, 0.3) is 0 Å². The highest BCUT2D eigenvalue weighted by atomic mass is 32.1. The van der Waals surface area contributed by atoms with Gasteiger partial charge < -0.3 is 10.6 Å². The van der Waals surface area contributed by atoms with E-state index in [1.54, 1.807) is 11.3 Å². The molecule has 0 radical (unpaired) electrons. The van der Waals surface area contributed by atoms with Gasteiger partial charge in [0.25, 0.3) is 0 Å². The van der Waals surface area contributed by atoms with Crippen molar-refractivity contribution in [3.63, 3.8) is 0 Å². The van der Waals surface area contributed by atoms with Crippen LogP contribution in [0.5, 0.6) is 0 Å². The summed E-state index contributed by atoms with van der Waals surface area (Å²) in [6.07, 6.45) is 7.60. The van der Waals surface area contributed by atoms with E-state index in [9.17, 15) is 0 Å². The van der Waals surface area contributed by atoms with Gasteiger partial charge in [-0.25, -0.2) is 4.98 Å². The van der Waals surface area contributed by atoms with Crippen LogP contribution in [-0.2, 0) is 0 Å². The minimum absolute atomic E-state index is 0.190. The molecule has 1 aliphatic carbocycles. The zero-order valence-corrected chi connectivity index (χ0v) is 11.4. The van der Waals surface area contributed by atoms with Gasteiger partial charge in [0.2, 0.25) is 0 Å². The molecule has 0 aromatic carbocycles. The van der Waals surface area contributed by atoms with E-state index in [1.165, 1.54) is 38.5 Å². The molecule has 0 spiro atoms. The lowest BCUT2D eigenvalue weighted by molar-refractivity contribution is 0.726. The predicted molar refractivity (Wildman–Crippen MR) is 75.8 cm³/mol. The first kappa shape index (κ1) is 12.0. The van der Waals surface area contributed by atoms with Crippen molar-refractivity contribution in [2.45, 2.75) is 44.4 Å². The van der Waals surface area contributed by atoms with Gasteiger partial charge in [-0.05, 0) is 25.7 Å². The third-order valence-electron chi connectivity index (χ3n) is 3.73. The molecule has 3 rings (SSSR count). The van der Waals surface area contributed by atoms with Crippen LogP contribution in [-0.4, -0.2) is 23.9 Å². The third kappa shape index (κ3) is 2.36. The van der Waals surface area contributed by atoms with Gasteiger partial charge in [0.15, 0.2) is 5.13 Å². The maximum atomic E-state index is 7.70. The van der Waals surface area contributed by atoms with Crippen LogP contribution in [0.15, 0.2) is 0 Å². The fourth-order valence-corrected chi connectivity index (χ4v) is 3.61. The molecule has 0 unspecified atom stereocenters. The number of hydrogen-bond donors (Lipinski definition) is 2. The van der Waals surface area contributed by atoms with Crippen molar-refractivity contribution in [2.75, 3.05) is 18.0 Å². The van der Waals surface area contributed by atoms with Crippen LogP contribution < -0.4 is 10.6 Å². The Morgan fingerprint density at radius 3 is 2.44 bits per heavy atom.